The van der Waals surface area contributed by atoms with E-state index in [1.165, 1.54) is 34.5 Å². The van der Waals surface area contributed by atoms with E-state index in [1.54, 1.807) is 18.2 Å². The molecule has 6 heteroatoms. The number of thiophene rings is 1. The monoisotopic (exact) mass is 339 g/mol. The average molecular weight is 339 g/mol. The second-order valence-corrected chi connectivity index (χ2v) is 7.42. The van der Waals surface area contributed by atoms with Crippen LogP contribution in [0, 0.1) is 5.92 Å². The second kappa shape index (κ2) is 5.87. The molecule has 0 fully saturated rings. The fraction of sp³-hybridized carbons (Fsp3) is 0.278. The van der Waals surface area contributed by atoms with Gasteiger partial charge in [0.05, 0.1) is 15.8 Å². The largest absolute Gasteiger partial charge is 0.280 e. The molecule has 24 heavy (non-hydrogen) atoms. The minimum atomic E-state index is -0.274. The van der Waals surface area contributed by atoms with Crippen LogP contribution in [0.2, 0.25) is 0 Å². The van der Waals surface area contributed by atoms with E-state index in [2.05, 4.69) is 17.3 Å². The Bertz CT molecular complexity index is 989. The van der Waals surface area contributed by atoms with Crippen LogP contribution in [0.15, 0.2) is 41.5 Å². The molecular weight excluding hydrogens is 322 g/mol. The van der Waals surface area contributed by atoms with Crippen molar-refractivity contribution >= 4 is 28.1 Å². The van der Waals surface area contributed by atoms with E-state index in [0.717, 1.165) is 17.5 Å². The highest BCUT2D eigenvalue weighted by Crippen LogP contribution is 2.32. The number of para-hydroxylation sites is 1. The van der Waals surface area contributed by atoms with Gasteiger partial charge in [-0.3, -0.25) is 15.0 Å². The van der Waals surface area contributed by atoms with Crippen molar-refractivity contribution in [3.8, 4) is 0 Å². The molecule has 1 N–H and O–H groups in total. The lowest BCUT2D eigenvalue weighted by Crippen LogP contribution is -2.32. The molecule has 0 saturated carbocycles. The number of hydrogen-bond acceptors (Lipinski definition) is 4. The summed E-state index contributed by atoms with van der Waals surface area (Å²) in [5.74, 6) is 0.400. The van der Waals surface area contributed by atoms with Gasteiger partial charge in [0.25, 0.3) is 11.5 Å². The molecule has 0 aliphatic heterocycles. The van der Waals surface area contributed by atoms with Crippen LogP contribution in [-0.4, -0.2) is 15.6 Å². The number of nitrogens with one attached hydrogen (secondary N) is 1. The minimum absolute atomic E-state index is 0.263. The first-order valence-corrected chi connectivity index (χ1v) is 8.83. The number of hydrogen-bond donors (Lipinski definition) is 1. The molecular formula is C18H17N3O2S. The molecule has 5 nitrogen and oxygen atoms in total. The Morgan fingerprint density at radius 1 is 1.38 bits per heavy atom. The number of amides is 1. The first-order valence-electron chi connectivity index (χ1n) is 8.01. The van der Waals surface area contributed by atoms with Crippen LogP contribution >= 0.6 is 11.3 Å². The number of benzene rings is 1. The maximum atomic E-state index is 12.5. The van der Waals surface area contributed by atoms with E-state index >= 15 is 0 Å². The molecule has 1 unspecified atom stereocenters. The first-order chi connectivity index (χ1) is 11.6. The van der Waals surface area contributed by atoms with Crippen molar-refractivity contribution in [2.75, 3.05) is 5.43 Å². The molecule has 2 heterocycles. The van der Waals surface area contributed by atoms with E-state index in [-0.39, 0.29) is 11.5 Å². The highest BCUT2D eigenvalue weighted by Gasteiger charge is 2.21. The molecule has 0 bridgehead atoms. The van der Waals surface area contributed by atoms with Crippen molar-refractivity contribution in [2.45, 2.75) is 26.2 Å². The number of fused-ring (bicyclic) bond motifs is 2. The van der Waals surface area contributed by atoms with E-state index < -0.39 is 0 Å². The van der Waals surface area contributed by atoms with Crippen molar-refractivity contribution in [3.05, 3.63) is 62.3 Å². The van der Waals surface area contributed by atoms with Crippen LogP contribution in [0.5, 0.6) is 0 Å². The Hall–Kier alpha value is -2.47. The van der Waals surface area contributed by atoms with Gasteiger partial charge in [0.1, 0.15) is 6.33 Å². The fourth-order valence-electron chi connectivity index (χ4n) is 3.13. The van der Waals surface area contributed by atoms with Gasteiger partial charge in [-0.1, -0.05) is 19.1 Å². The number of carbonyl (C=O) groups excluding carboxylic acids is 1. The zero-order valence-corrected chi connectivity index (χ0v) is 14.1. The summed E-state index contributed by atoms with van der Waals surface area (Å²) in [6, 6.07) is 9.06. The standard InChI is InChI=1S/C18H17N3O2S/c1-11-6-7-15-12(8-11)9-16(24-15)17(22)20-21-10-19-14-5-3-2-4-13(14)18(21)23/h2-5,9-11H,6-8H2,1H3,(H,20,22). The van der Waals surface area contributed by atoms with Crippen molar-refractivity contribution in [1.82, 2.24) is 9.66 Å². The Kier molecular flexibility index (Phi) is 3.69. The van der Waals surface area contributed by atoms with Crippen molar-refractivity contribution in [2.24, 2.45) is 5.92 Å². The Labute approximate surface area is 142 Å². The maximum absolute atomic E-state index is 12.5. The topological polar surface area (TPSA) is 64.0 Å². The predicted octanol–water partition coefficient (Wildman–Crippen LogP) is 2.97. The van der Waals surface area contributed by atoms with Crippen LogP contribution < -0.4 is 11.0 Å². The molecule has 0 saturated heterocycles. The SMILES string of the molecule is CC1CCc2sc(C(=O)Nn3cnc4ccccc4c3=O)cc2C1. The zero-order valence-electron chi connectivity index (χ0n) is 13.3. The quantitative estimate of drug-likeness (QED) is 0.781. The number of aromatic nitrogens is 2. The third-order valence-electron chi connectivity index (χ3n) is 4.44. The summed E-state index contributed by atoms with van der Waals surface area (Å²) in [6.45, 7) is 2.24. The highest BCUT2D eigenvalue weighted by atomic mass is 32.1. The zero-order chi connectivity index (χ0) is 16.7. The smallest absolute Gasteiger partial charge is 0.267 e. The lowest BCUT2D eigenvalue weighted by molar-refractivity contribution is 0.101. The van der Waals surface area contributed by atoms with Crippen molar-refractivity contribution in [1.29, 1.82) is 0 Å². The molecule has 4 rings (SSSR count). The normalized spacial score (nSPS) is 16.8. The van der Waals surface area contributed by atoms with Crippen LogP contribution in [-0.2, 0) is 12.8 Å². The lowest BCUT2D eigenvalue weighted by atomic mass is 9.90. The molecule has 0 spiro atoms. The van der Waals surface area contributed by atoms with Crippen LogP contribution in [0.4, 0.5) is 0 Å². The van der Waals surface area contributed by atoms with Gasteiger partial charge in [-0.05, 0) is 48.9 Å². The third kappa shape index (κ3) is 2.63. The summed E-state index contributed by atoms with van der Waals surface area (Å²) in [5, 5.41) is 0.486. The summed E-state index contributed by atoms with van der Waals surface area (Å²) < 4.78 is 1.16. The third-order valence-corrected chi connectivity index (χ3v) is 5.68. The van der Waals surface area contributed by atoms with Crippen LogP contribution in [0.1, 0.15) is 33.5 Å². The van der Waals surface area contributed by atoms with Crippen LogP contribution in [0.3, 0.4) is 0 Å². The highest BCUT2D eigenvalue weighted by molar-refractivity contribution is 7.14. The minimum Gasteiger partial charge on any atom is -0.267 e. The molecule has 2 aromatic heterocycles. The molecule has 122 valence electrons. The van der Waals surface area contributed by atoms with E-state index in [9.17, 15) is 9.59 Å². The van der Waals surface area contributed by atoms with Crippen molar-refractivity contribution < 1.29 is 4.79 Å². The summed E-state index contributed by atoms with van der Waals surface area (Å²) in [6.07, 6.45) is 4.59. The summed E-state index contributed by atoms with van der Waals surface area (Å²) in [5.41, 5.74) is 4.27. The van der Waals surface area contributed by atoms with E-state index in [4.69, 9.17) is 0 Å². The Morgan fingerprint density at radius 2 is 2.21 bits per heavy atom. The number of rotatable bonds is 2. The van der Waals surface area contributed by atoms with E-state index in [1.807, 2.05) is 12.1 Å². The number of aryl methyl sites for hydroxylation is 1. The van der Waals surface area contributed by atoms with Gasteiger partial charge in [-0.2, -0.15) is 0 Å². The number of nitrogens with zero attached hydrogens (tertiary/aromatic N) is 2. The summed E-state index contributed by atoms with van der Waals surface area (Å²) >= 11 is 1.53. The molecule has 3 aromatic rings. The van der Waals surface area contributed by atoms with Gasteiger partial charge in [0.15, 0.2) is 0 Å². The Morgan fingerprint density at radius 3 is 3.08 bits per heavy atom. The summed E-state index contributed by atoms with van der Waals surface area (Å²) in [4.78, 5) is 31.1. The Balaban J connectivity index is 1.63. The maximum Gasteiger partial charge on any atom is 0.280 e. The second-order valence-electron chi connectivity index (χ2n) is 6.28. The summed E-state index contributed by atoms with van der Waals surface area (Å²) in [7, 11) is 0. The van der Waals surface area contributed by atoms with Gasteiger partial charge in [0, 0.05) is 4.88 Å². The molecule has 1 aromatic carbocycles. The fourth-order valence-corrected chi connectivity index (χ4v) is 4.23. The first kappa shape index (κ1) is 15.1. The molecule has 1 aliphatic carbocycles. The molecule has 1 aliphatic rings. The van der Waals surface area contributed by atoms with Crippen molar-refractivity contribution in [3.63, 3.8) is 0 Å². The van der Waals surface area contributed by atoms with Gasteiger partial charge in [-0.15, -0.1) is 11.3 Å². The van der Waals surface area contributed by atoms with E-state index in [0.29, 0.717) is 21.7 Å². The van der Waals surface area contributed by atoms with Crippen LogP contribution in [0.25, 0.3) is 10.9 Å². The van der Waals surface area contributed by atoms with Gasteiger partial charge in [0.2, 0.25) is 0 Å². The molecule has 0 radical (unpaired) electrons. The van der Waals surface area contributed by atoms with Gasteiger partial charge in [-0.25, -0.2) is 9.66 Å². The van der Waals surface area contributed by atoms with Gasteiger partial charge < -0.3 is 0 Å². The average Bonchev–Trinajstić information content (AvgIpc) is 3.01. The molecule has 1 amide bonds. The predicted molar refractivity (Wildman–Crippen MR) is 95.2 cm³/mol. The lowest BCUT2D eigenvalue weighted by Gasteiger charge is -2.16. The number of carbonyl (C=O) groups is 1. The van der Waals surface area contributed by atoms with Gasteiger partial charge >= 0.3 is 0 Å². The molecule has 1 atom stereocenters.